The number of methoxy groups -OCH3 is 2. The fraction of sp³-hybridized carbons (Fsp3) is 0.464. The monoisotopic (exact) mass is 602 g/mol. The minimum absolute atomic E-state index is 0.122. The molecule has 5 rings (SSSR count). The fourth-order valence-corrected chi connectivity index (χ4v) is 6.47. The molecule has 1 N–H and O–H groups in total. The Hall–Kier alpha value is -3.88. The number of aliphatic hydroxyl groups is 1. The molecule has 4 heterocycles. The van der Waals surface area contributed by atoms with E-state index in [1.165, 1.54) is 58.4 Å². The maximum atomic E-state index is 14.0. The van der Waals surface area contributed by atoms with Gasteiger partial charge in [-0.05, 0) is 56.9 Å². The first-order valence-corrected chi connectivity index (χ1v) is 14.2. The Kier molecular flexibility index (Phi) is 9.59. The summed E-state index contributed by atoms with van der Waals surface area (Å²) in [6.45, 7) is 4.70. The predicted octanol–water partition coefficient (Wildman–Crippen LogP) is 2.10. The maximum Gasteiger partial charge on any atom is 0.333 e. The Morgan fingerprint density at radius 3 is 2.50 bits per heavy atom. The highest BCUT2D eigenvalue weighted by atomic mass is 32.1. The molecule has 12 nitrogen and oxygen atoms in total. The van der Waals surface area contributed by atoms with E-state index >= 15 is 0 Å². The molecule has 0 radical (unpaired) electrons. The third kappa shape index (κ3) is 5.74. The molecule has 226 valence electrons. The van der Waals surface area contributed by atoms with Crippen LogP contribution in [0.4, 0.5) is 4.39 Å². The number of aliphatic hydroxyl groups excluding tert-OH is 1. The van der Waals surface area contributed by atoms with E-state index in [1.807, 2.05) is 0 Å². The highest BCUT2D eigenvalue weighted by Crippen LogP contribution is 2.33. The molecule has 3 aromatic heterocycles. The lowest BCUT2D eigenvalue weighted by molar-refractivity contribution is -0.142. The number of likely N-dealkylation sites (N-methyl/N-ethyl adjacent to an activating group) is 1. The van der Waals surface area contributed by atoms with Gasteiger partial charge in [0.15, 0.2) is 0 Å². The average molecular weight is 603 g/mol. The fourth-order valence-electron chi connectivity index (χ4n) is 5.23. The summed E-state index contributed by atoms with van der Waals surface area (Å²) in [5.41, 5.74) is -1.22. The predicted molar refractivity (Wildman–Crippen MR) is 156 cm³/mol. The number of thiophene rings is 1. The number of carbonyl (C=O) groups is 1. The quantitative estimate of drug-likeness (QED) is 0.324. The minimum atomic E-state index is -1.33. The lowest BCUT2D eigenvalue weighted by atomic mass is 9.89. The first-order valence-electron chi connectivity index (χ1n) is 13.4. The zero-order valence-electron chi connectivity index (χ0n) is 24.3. The zero-order valence-corrected chi connectivity index (χ0v) is 25.1. The van der Waals surface area contributed by atoms with E-state index in [0.717, 1.165) is 4.57 Å². The molecule has 1 aliphatic rings. The molecule has 0 bridgehead atoms. The van der Waals surface area contributed by atoms with Gasteiger partial charge >= 0.3 is 5.69 Å². The third-order valence-electron chi connectivity index (χ3n) is 7.39. The van der Waals surface area contributed by atoms with E-state index in [9.17, 15) is 18.8 Å². The van der Waals surface area contributed by atoms with E-state index in [0.29, 0.717) is 58.1 Å². The summed E-state index contributed by atoms with van der Waals surface area (Å²) >= 11 is 1.23. The molecule has 0 unspecified atom stereocenters. The summed E-state index contributed by atoms with van der Waals surface area (Å²) in [6.07, 6.45) is 4.36. The SMILES string of the molecule is COCCO.COc1ccc(F)cc1CCn1c(=O)n([C@@]2(C)CCCN(C)C2=O)c(=O)c2c(C)c(-n3nccn3)sc21. The van der Waals surface area contributed by atoms with Crippen LogP contribution in [-0.4, -0.2) is 81.1 Å². The van der Waals surface area contributed by atoms with Crippen molar-refractivity contribution in [2.24, 2.45) is 0 Å². The van der Waals surface area contributed by atoms with Crippen molar-refractivity contribution in [3.8, 4) is 10.8 Å². The van der Waals surface area contributed by atoms with E-state index in [4.69, 9.17) is 9.84 Å². The number of likely N-dealkylation sites (tertiary alicyclic amines) is 1. The van der Waals surface area contributed by atoms with Crippen LogP contribution in [0.3, 0.4) is 0 Å². The second kappa shape index (κ2) is 13.0. The summed E-state index contributed by atoms with van der Waals surface area (Å²) in [5.74, 6) is -0.197. The van der Waals surface area contributed by atoms with Gasteiger partial charge in [-0.25, -0.2) is 13.8 Å². The van der Waals surface area contributed by atoms with Crippen LogP contribution in [0.15, 0.2) is 40.2 Å². The molecule has 4 aromatic rings. The summed E-state index contributed by atoms with van der Waals surface area (Å²) < 4.78 is 26.4. The number of aromatic nitrogens is 5. The van der Waals surface area contributed by atoms with Gasteiger partial charge in [0.1, 0.15) is 26.9 Å². The lowest BCUT2D eigenvalue weighted by Crippen LogP contribution is -2.59. The molecular formula is C28H35FN6O6S. The summed E-state index contributed by atoms with van der Waals surface area (Å²) in [7, 11) is 4.73. The van der Waals surface area contributed by atoms with Gasteiger partial charge in [0.05, 0.1) is 38.1 Å². The van der Waals surface area contributed by atoms with Crippen molar-refractivity contribution >= 4 is 27.5 Å². The first-order chi connectivity index (χ1) is 20.1. The van der Waals surface area contributed by atoms with E-state index in [-0.39, 0.29) is 25.5 Å². The largest absolute Gasteiger partial charge is 0.496 e. The number of hydrogen-bond donors (Lipinski definition) is 1. The zero-order chi connectivity index (χ0) is 30.6. The number of fused-ring (bicyclic) bond motifs is 1. The Morgan fingerprint density at radius 2 is 1.88 bits per heavy atom. The van der Waals surface area contributed by atoms with Gasteiger partial charge in [0, 0.05) is 32.8 Å². The van der Waals surface area contributed by atoms with Gasteiger partial charge < -0.3 is 19.5 Å². The van der Waals surface area contributed by atoms with Crippen LogP contribution in [-0.2, 0) is 28.0 Å². The van der Waals surface area contributed by atoms with Crippen LogP contribution in [0.2, 0.25) is 0 Å². The van der Waals surface area contributed by atoms with Crippen LogP contribution < -0.4 is 16.0 Å². The molecule has 1 fully saturated rings. The van der Waals surface area contributed by atoms with E-state index < -0.39 is 22.6 Å². The molecule has 0 aliphatic carbocycles. The normalized spacial score (nSPS) is 16.9. The summed E-state index contributed by atoms with van der Waals surface area (Å²) in [4.78, 5) is 44.7. The number of hydrogen-bond acceptors (Lipinski definition) is 9. The highest BCUT2D eigenvalue weighted by Gasteiger charge is 2.43. The number of piperidine rings is 1. The molecule has 14 heteroatoms. The van der Waals surface area contributed by atoms with Crippen LogP contribution in [0, 0.1) is 12.7 Å². The molecule has 1 atom stereocenters. The Bertz CT molecular complexity index is 1680. The van der Waals surface area contributed by atoms with Crippen LogP contribution in [0.5, 0.6) is 5.75 Å². The van der Waals surface area contributed by atoms with Crippen molar-refractivity contribution in [1.29, 1.82) is 0 Å². The van der Waals surface area contributed by atoms with E-state index in [2.05, 4.69) is 14.9 Å². The van der Waals surface area contributed by atoms with Crippen molar-refractivity contribution in [1.82, 2.24) is 29.0 Å². The number of halogens is 1. The van der Waals surface area contributed by atoms with Crippen molar-refractivity contribution < 1.29 is 23.8 Å². The number of ether oxygens (including phenoxy) is 2. The smallest absolute Gasteiger partial charge is 0.333 e. The number of aryl methyl sites for hydroxylation is 3. The minimum Gasteiger partial charge on any atom is -0.496 e. The van der Waals surface area contributed by atoms with Gasteiger partial charge in [0.2, 0.25) is 5.91 Å². The van der Waals surface area contributed by atoms with Gasteiger partial charge in [-0.3, -0.25) is 14.2 Å². The summed E-state index contributed by atoms with van der Waals surface area (Å²) in [6, 6.07) is 4.22. The molecular weight excluding hydrogens is 567 g/mol. The molecule has 1 aromatic carbocycles. The summed E-state index contributed by atoms with van der Waals surface area (Å²) in [5, 5.41) is 17.3. The van der Waals surface area contributed by atoms with Gasteiger partial charge in [-0.15, -0.1) is 4.80 Å². The number of benzene rings is 1. The van der Waals surface area contributed by atoms with Crippen molar-refractivity contribution in [2.75, 3.05) is 41.0 Å². The maximum absolute atomic E-state index is 14.0. The van der Waals surface area contributed by atoms with Crippen molar-refractivity contribution in [2.45, 2.75) is 45.2 Å². The molecule has 1 aliphatic heterocycles. The number of rotatable bonds is 8. The van der Waals surface area contributed by atoms with E-state index in [1.54, 1.807) is 32.9 Å². The van der Waals surface area contributed by atoms with Crippen molar-refractivity contribution in [3.05, 3.63) is 68.4 Å². The third-order valence-corrected chi connectivity index (χ3v) is 8.67. The van der Waals surface area contributed by atoms with Crippen molar-refractivity contribution in [3.63, 3.8) is 0 Å². The number of nitrogens with zero attached hydrogens (tertiary/aromatic N) is 6. The van der Waals surface area contributed by atoms with Crippen LogP contribution >= 0.6 is 11.3 Å². The molecule has 1 saturated heterocycles. The topological polar surface area (TPSA) is 134 Å². The Balaban J connectivity index is 0.000000748. The van der Waals surface area contributed by atoms with Gasteiger partial charge in [0.25, 0.3) is 5.56 Å². The number of amides is 1. The first kappa shape index (κ1) is 31.1. The average Bonchev–Trinajstić information content (AvgIpc) is 3.61. The van der Waals surface area contributed by atoms with Crippen LogP contribution in [0.25, 0.3) is 15.2 Å². The highest BCUT2D eigenvalue weighted by molar-refractivity contribution is 7.21. The van der Waals surface area contributed by atoms with Gasteiger partial charge in [-0.1, -0.05) is 11.3 Å². The second-order valence-corrected chi connectivity index (χ2v) is 11.1. The molecule has 0 spiro atoms. The molecule has 0 saturated carbocycles. The van der Waals surface area contributed by atoms with Gasteiger partial charge in [-0.2, -0.15) is 10.2 Å². The molecule has 1 amide bonds. The Labute approximate surface area is 245 Å². The second-order valence-electron chi connectivity index (χ2n) is 10.1. The Morgan fingerprint density at radius 1 is 1.17 bits per heavy atom. The lowest BCUT2D eigenvalue weighted by Gasteiger charge is -2.38. The van der Waals surface area contributed by atoms with Crippen LogP contribution in [0.1, 0.15) is 30.9 Å². The molecule has 42 heavy (non-hydrogen) atoms. The number of carbonyl (C=O) groups excluding carboxylic acids is 1. The standard InChI is InChI=1S/C25H27FN6O4S.C3H8O2/c1-15-19-20(33)31(25(2)9-5-12-29(3)23(25)34)24(35)30(22(19)37-21(15)32-27-10-11-28-32)13-8-16-14-17(26)6-7-18(16)36-4;1-5-3-2-4/h6-7,10-11,14H,5,8-9,12-13H2,1-4H3;4H,2-3H2,1H3/t25-;/m0./s1.